The summed E-state index contributed by atoms with van der Waals surface area (Å²) in [5.74, 6) is 9.45. The molecular formula is C22H30O2. The minimum atomic E-state index is -0.780. The number of hydrogen-bond acceptors (Lipinski definition) is 2. The molecule has 6 atom stereocenters. The first kappa shape index (κ1) is 16.4. The number of carbonyl (C=O) groups is 1. The Morgan fingerprint density at radius 3 is 2.79 bits per heavy atom. The smallest absolute Gasteiger partial charge is 0.155 e. The average Bonchev–Trinajstić information content (AvgIpc) is 2.84. The number of aliphatic hydroxyl groups is 1. The van der Waals surface area contributed by atoms with Gasteiger partial charge in [-0.2, -0.15) is 0 Å². The second-order valence-electron chi connectivity index (χ2n) is 8.81. The Bertz CT molecular complexity index is 636. The van der Waals surface area contributed by atoms with Gasteiger partial charge < -0.3 is 5.11 Å². The van der Waals surface area contributed by atoms with Crippen molar-refractivity contribution in [2.75, 3.05) is 0 Å². The van der Waals surface area contributed by atoms with Crippen molar-refractivity contribution in [3.05, 3.63) is 11.6 Å². The van der Waals surface area contributed by atoms with E-state index >= 15 is 0 Å². The van der Waals surface area contributed by atoms with Crippen molar-refractivity contribution in [3.8, 4) is 11.8 Å². The Morgan fingerprint density at radius 2 is 2.00 bits per heavy atom. The van der Waals surface area contributed by atoms with Gasteiger partial charge in [0.25, 0.3) is 0 Å². The van der Waals surface area contributed by atoms with E-state index in [9.17, 15) is 9.90 Å². The van der Waals surface area contributed by atoms with Gasteiger partial charge in [0.15, 0.2) is 5.78 Å². The van der Waals surface area contributed by atoms with Gasteiger partial charge >= 0.3 is 0 Å². The minimum Gasteiger partial charge on any atom is -0.377 e. The van der Waals surface area contributed by atoms with Crippen molar-refractivity contribution in [2.24, 2.45) is 29.1 Å². The molecule has 3 saturated carbocycles. The van der Waals surface area contributed by atoms with Crippen LogP contribution < -0.4 is 0 Å². The molecule has 4 aliphatic rings. The van der Waals surface area contributed by atoms with E-state index in [0.717, 1.165) is 56.8 Å². The van der Waals surface area contributed by atoms with E-state index in [-0.39, 0.29) is 5.41 Å². The molecule has 0 aliphatic heterocycles. The summed E-state index contributed by atoms with van der Waals surface area (Å²) in [6, 6.07) is 0. The van der Waals surface area contributed by atoms with Crippen LogP contribution in [0.25, 0.3) is 0 Å². The maximum Gasteiger partial charge on any atom is 0.155 e. The van der Waals surface area contributed by atoms with Crippen molar-refractivity contribution in [3.63, 3.8) is 0 Å². The van der Waals surface area contributed by atoms with E-state index in [2.05, 4.69) is 25.7 Å². The topological polar surface area (TPSA) is 37.3 Å². The molecule has 4 aliphatic carbocycles. The Kier molecular flexibility index (Phi) is 3.92. The fourth-order valence-corrected chi connectivity index (χ4v) is 6.64. The number of fused-ring (bicyclic) bond motifs is 5. The van der Waals surface area contributed by atoms with Crippen molar-refractivity contribution in [1.82, 2.24) is 0 Å². The highest BCUT2D eigenvalue weighted by molar-refractivity contribution is 5.91. The summed E-state index contributed by atoms with van der Waals surface area (Å²) in [5.41, 5.74) is 0.620. The van der Waals surface area contributed by atoms with Crippen molar-refractivity contribution < 1.29 is 9.90 Å². The molecule has 4 rings (SSSR count). The Hall–Kier alpha value is -1.07. The van der Waals surface area contributed by atoms with Crippen LogP contribution in [0, 0.1) is 40.9 Å². The van der Waals surface area contributed by atoms with Gasteiger partial charge in [-0.1, -0.05) is 25.3 Å². The zero-order chi connectivity index (χ0) is 16.9. The lowest BCUT2D eigenvalue weighted by Crippen LogP contribution is -2.52. The van der Waals surface area contributed by atoms with E-state index in [1.165, 1.54) is 18.4 Å². The summed E-state index contributed by atoms with van der Waals surface area (Å²) in [6.07, 6.45) is 11.2. The first-order valence-electron chi connectivity index (χ1n) is 9.94. The molecule has 0 bridgehead atoms. The summed E-state index contributed by atoms with van der Waals surface area (Å²) in [4.78, 5) is 11.8. The quantitative estimate of drug-likeness (QED) is 0.675. The lowest BCUT2D eigenvalue weighted by atomic mass is 9.50. The van der Waals surface area contributed by atoms with Gasteiger partial charge in [-0.25, -0.2) is 0 Å². The maximum atomic E-state index is 11.8. The molecule has 0 amide bonds. The van der Waals surface area contributed by atoms with E-state index in [1.54, 1.807) is 0 Å². The molecule has 130 valence electrons. The van der Waals surface area contributed by atoms with Gasteiger partial charge in [-0.15, -0.1) is 5.92 Å². The fraction of sp³-hybridized carbons (Fsp3) is 0.773. The number of allylic oxidation sites excluding steroid dienone is 1. The Labute approximate surface area is 146 Å². The molecule has 0 aromatic heterocycles. The number of rotatable bonds is 0. The van der Waals surface area contributed by atoms with Crippen LogP contribution in [-0.2, 0) is 4.79 Å². The lowest BCUT2D eigenvalue weighted by molar-refractivity contribution is -0.116. The van der Waals surface area contributed by atoms with Crippen LogP contribution in [0.3, 0.4) is 0 Å². The summed E-state index contributed by atoms with van der Waals surface area (Å²) < 4.78 is 0. The molecule has 0 aromatic carbocycles. The van der Waals surface area contributed by atoms with Crippen molar-refractivity contribution in [1.29, 1.82) is 0 Å². The van der Waals surface area contributed by atoms with Gasteiger partial charge in [0.05, 0.1) is 0 Å². The van der Waals surface area contributed by atoms with E-state index in [1.807, 2.05) is 6.08 Å². The molecule has 0 saturated heterocycles. The predicted octanol–water partition coefficient (Wildman–Crippen LogP) is 4.27. The van der Waals surface area contributed by atoms with Crippen molar-refractivity contribution >= 4 is 5.78 Å². The Balaban J connectivity index is 1.62. The molecule has 3 fully saturated rings. The summed E-state index contributed by atoms with van der Waals surface area (Å²) >= 11 is 0. The molecule has 1 N–H and O–H groups in total. The average molecular weight is 326 g/mol. The van der Waals surface area contributed by atoms with Gasteiger partial charge in [-0.05, 0) is 74.7 Å². The second-order valence-corrected chi connectivity index (χ2v) is 8.81. The SMILES string of the molecule is CCC#C[C@]1(O)CC[C@H]2[C@@H]3CCC4=CC(=O)CC[C@@H]4[C@H]3CC[C@@]21C. The summed E-state index contributed by atoms with van der Waals surface area (Å²) in [7, 11) is 0. The number of carbonyl (C=O) groups excluding carboxylic acids is 1. The van der Waals surface area contributed by atoms with Crippen molar-refractivity contribution in [2.45, 2.75) is 77.2 Å². The van der Waals surface area contributed by atoms with Gasteiger partial charge in [0.1, 0.15) is 5.60 Å². The van der Waals surface area contributed by atoms with Crippen LogP contribution in [0.5, 0.6) is 0 Å². The highest BCUT2D eigenvalue weighted by atomic mass is 16.3. The molecule has 0 unspecified atom stereocenters. The molecule has 2 heteroatoms. The van der Waals surface area contributed by atoms with Crippen LogP contribution in [0.4, 0.5) is 0 Å². The van der Waals surface area contributed by atoms with Crippen LogP contribution in [0.15, 0.2) is 11.6 Å². The first-order chi connectivity index (χ1) is 11.5. The second kappa shape index (κ2) is 5.73. The fourth-order valence-electron chi connectivity index (χ4n) is 6.64. The zero-order valence-electron chi connectivity index (χ0n) is 15.1. The van der Waals surface area contributed by atoms with Crippen LogP contribution >= 0.6 is 0 Å². The number of ketones is 1. The summed E-state index contributed by atoms with van der Waals surface area (Å²) in [5, 5.41) is 11.3. The van der Waals surface area contributed by atoms with Crippen LogP contribution in [0.2, 0.25) is 0 Å². The lowest BCUT2D eigenvalue weighted by Gasteiger charge is -2.54. The van der Waals surface area contributed by atoms with Crippen LogP contribution in [0.1, 0.15) is 71.6 Å². The molecule has 0 radical (unpaired) electrons. The normalized spacial score (nSPS) is 47.0. The van der Waals surface area contributed by atoms with Gasteiger partial charge in [-0.3, -0.25) is 4.79 Å². The molecular weight excluding hydrogens is 296 g/mol. The predicted molar refractivity (Wildman–Crippen MR) is 95.1 cm³/mol. The van der Waals surface area contributed by atoms with Gasteiger partial charge in [0.2, 0.25) is 0 Å². The highest BCUT2D eigenvalue weighted by Crippen LogP contribution is 2.64. The number of hydrogen-bond donors (Lipinski definition) is 1. The maximum absolute atomic E-state index is 11.8. The third-order valence-electron chi connectivity index (χ3n) is 7.92. The van der Waals surface area contributed by atoms with E-state index in [0.29, 0.717) is 17.6 Å². The molecule has 0 aromatic rings. The Morgan fingerprint density at radius 1 is 1.17 bits per heavy atom. The molecule has 0 heterocycles. The molecule has 24 heavy (non-hydrogen) atoms. The molecule has 2 nitrogen and oxygen atoms in total. The van der Waals surface area contributed by atoms with E-state index in [4.69, 9.17) is 0 Å². The highest BCUT2D eigenvalue weighted by Gasteiger charge is 2.61. The standard InChI is InChI=1S/C22H30O2/c1-3-4-11-22(24)13-10-20-19-7-5-15-14-16(23)6-8-17(15)18(19)9-12-21(20,22)2/h14,17-20,24H,3,5-10,12-13H2,1-2H3/t17-,18+,19+,20-,21-,22-/m0/s1. The monoisotopic (exact) mass is 326 g/mol. The third kappa shape index (κ3) is 2.24. The molecule has 0 spiro atoms. The van der Waals surface area contributed by atoms with Gasteiger partial charge in [0, 0.05) is 18.3 Å². The third-order valence-corrected chi connectivity index (χ3v) is 7.92. The van der Waals surface area contributed by atoms with E-state index < -0.39 is 5.60 Å². The van der Waals surface area contributed by atoms with Crippen LogP contribution in [-0.4, -0.2) is 16.5 Å². The first-order valence-corrected chi connectivity index (χ1v) is 9.94. The zero-order valence-corrected chi connectivity index (χ0v) is 15.1. The minimum absolute atomic E-state index is 0.0396. The largest absolute Gasteiger partial charge is 0.377 e. The summed E-state index contributed by atoms with van der Waals surface area (Å²) in [6.45, 7) is 4.36.